The van der Waals surface area contributed by atoms with Crippen molar-refractivity contribution in [2.75, 3.05) is 27.3 Å². The molecule has 2 rings (SSSR count). The molecule has 0 aromatic heterocycles. The number of hydrogen-bond donors (Lipinski definition) is 0. The van der Waals surface area contributed by atoms with Gasteiger partial charge in [-0.15, -0.1) is 0 Å². The van der Waals surface area contributed by atoms with Crippen LogP contribution in [0.1, 0.15) is 22.8 Å². The smallest absolute Gasteiger partial charge is 0.259 e. The van der Waals surface area contributed by atoms with E-state index in [2.05, 4.69) is 22.6 Å². The Hall–Kier alpha value is -2.35. The molecular weight excluding hydrogens is 457 g/mol. The Morgan fingerprint density at radius 2 is 1.74 bits per heavy atom. The molecule has 0 radical (unpaired) electrons. The molecule has 0 bridgehead atoms. The highest BCUT2D eigenvalue weighted by Crippen LogP contribution is 2.29. The van der Waals surface area contributed by atoms with Gasteiger partial charge in [0.25, 0.3) is 5.91 Å². The average Bonchev–Trinajstić information content (AvgIpc) is 2.65. The van der Waals surface area contributed by atoms with Crippen LogP contribution in [0.4, 0.5) is 0 Å². The van der Waals surface area contributed by atoms with E-state index in [-0.39, 0.29) is 18.3 Å². The van der Waals surface area contributed by atoms with Gasteiger partial charge in [-0.3, -0.25) is 9.59 Å². The molecule has 0 atom stereocenters. The number of likely N-dealkylation sites (N-methyl/N-ethyl adjacent to an activating group) is 1. The molecule has 0 fully saturated rings. The maximum absolute atomic E-state index is 12.3. The van der Waals surface area contributed by atoms with Crippen LogP contribution in [-0.2, 0) is 4.79 Å². The van der Waals surface area contributed by atoms with Gasteiger partial charge in [0, 0.05) is 23.2 Å². The summed E-state index contributed by atoms with van der Waals surface area (Å²) in [6.45, 7) is 2.28. The number of benzene rings is 2. The van der Waals surface area contributed by atoms with Crippen molar-refractivity contribution in [3.05, 3.63) is 63.2 Å². The van der Waals surface area contributed by atoms with E-state index in [4.69, 9.17) is 9.47 Å². The lowest BCUT2D eigenvalue weighted by Crippen LogP contribution is -2.27. The summed E-state index contributed by atoms with van der Waals surface area (Å²) >= 11 is 2.20. The second-order valence-corrected chi connectivity index (χ2v) is 7.17. The van der Waals surface area contributed by atoms with Crippen molar-refractivity contribution in [3.63, 3.8) is 0 Å². The lowest BCUT2D eigenvalue weighted by atomic mass is 10.1. The highest BCUT2D eigenvalue weighted by molar-refractivity contribution is 14.1. The summed E-state index contributed by atoms with van der Waals surface area (Å²) in [4.78, 5) is 25.4. The van der Waals surface area contributed by atoms with Gasteiger partial charge in [-0.2, -0.15) is 0 Å². The molecule has 5 nitrogen and oxygen atoms in total. The zero-order valence-corrected chi connectivity index (χ0v) is 17.7. The van der Waals surface area contributed by atoms with Gasteiger partial charge in [-0.05, 0) is 65.4 Å². The third kappa shape index (κ3) is 6.39. The van der Waals surface area contributed by atoms with Crippen molar-refractivity contribution in [2.24, 2.45) is 0 Å². The van der Waals surface area contributed by atoms with Crippen molar-refractivity contribution in [3.8, 4) is 11.5 Å². The highest BCUT2D eigenvalue weighted by Gasteiger charge is 2.10. The van der Waals surface area contributed by atoms with E-state index < -0.39 is 0 Å². The first-order valence-electron chi connectivity index (χ1n) is 8.48. The second kappa shape index (κ2) is 10.1. The number of halogens is 1. The number of amides is 1. The maximum Gasteiger partial charge on any atom is 0.259 e. The summed E-state index contributed by atoms with van der Waals surface area (Å²) in [7, 11) is 3.35. The molecule has 27 heavy (non-hydrogen) atoms. The van der Waals surface area contributed by atoms with Crippen LogP contribution in [0, 0.1) is 3.57 Å². The Bertz CT molecular complexity index is 829. The highest BCUT2D eigenvalue weighted by atomic mass is 127. The van der Waals surface area contributed by atoms with E-state index in [0.717, 1.165) is 9.13 Å². The summed E-state index contributed by atoms with van der Waals surface area (Å²) in [5.41, 5.74) is 1.45. The molecule has 2 aromatic rings. The van der Waals surface area contributed by atoms with E-state index in [1.54, 1.807) is 44.4 Å². The summed E-state index contributed by atoms with van der Waals surface area (Å²) in [6.07, 6.45) is 3.26. The number of carbonyl (C=O) groups excluding carboxylic acids is 2. The molecule has 0 saturated carbocycles. The van der Waals surface area contributed by atoms with E-state index in [1.807, 2.05) is 25.1 Å². The molecular formula is C21H22INO4. The predicted octanol–water partition coefficient (Wildman–Crippen LogP) is 4.05. The third-order valence-electron chi connectivity index (χ3n) is 3.67. The van der Waals surface area contributed by atoms with Crippen LogP contribution >= 0.6 is 22.6 Å². The topological polar surface area (TPSA) is 55.8 Å². The van der Waals surface area contributed by atoms with E-state index in [1.165, 1.54) is 11.0 Å². The first-order valence-corrected chi connectivity index (χ1v) is 9.56. The SMILES string of the molecule is CCOc1cc(/C=C/C(=O)c2ccc(I)cc2)ccc1OCC(=O)N(C)C. The molecule has 0 aliphatic carbocycles. The number of nitrogens with zero attached hydrogens (tertiary/aromatic N) is 1. The Kier molecular flexibility index (Phi) is 7.84. The number of carbonyl (C=O) groups is 2. The molecule has 0 unspecified atom stereocenters. The number of ketones is 1. The van der Waals surface area contributed by atoms with Crippen LogP contribution in [0.2, 0.25) is 0 Å². The van der Waals surface area contributed by atoms with Crippen LogP contribution in [-0.4, -0.2) is 43.9 Å². The van der Waals surface area contributed by atoms with Crippen LogP contribution in [0.15, 0.2) is 48.5 Å². The predicted molar refractivity (Wildman–Crippen MR) is 114 cm³/mol. The van der Waals surface area contributed by atoms with E-state index in [9.17, 15) is 9.59 Å². The van der Waals surface area contributed by atoms with Gasteiger partial charge < -0.3 is 14.4 Å². The third-order valence-corrected chi connectivity index (χ3v) is 4.39. The van der Waals surface area contributed by atoms with Crippen LogP contribution in [0.25, 0.3) is 6.08 Å². The van der Waals surface area contributed by atoms with Gasteiger partial charge in [0.1, 0.15) is 0 Å². The minimum atomic E-state index is -0.135. The van der Waals surface area contributed by atoms with Crippen molar-refractivity contribution in [2.45, 2.75) is 6.92 Å². The van der Waals surface area contributed by atoms with E-state index >= 15 is 0 Å². The number of rotatable bonds is 8. The Morgan fingerprint density at radius 1 is 1.04 bits per heavy atom. The quantitative estimate of drug-likeness (QED) is 0.326. The molecule has 0 aliphatic rings. The summed E-state index contributed by atoms with van der Waals surface area (Å²) in [5.74, 6) is 0.826. The van der Waals surface area contributed by atoms with Gasteiger partial charge in [0.15, 0.2) is 23.9 Å². The molecule has 0 N–H and O–H groups in total. The molecule has 0 aliphatic heterocycles. The fraction of sp³-hybridized carbons (Fsp3) is 0.238. The van der Waals surface area contributed by atoms with Crippen molar-refractivity contribution < 1.29 is 19.1 Å². The molecule has 0 heterocycles. The minimum Gasteiger partial charge on any atom is -0.490 e. The zero-order chi connectivity index (χ0) is 19.8. The van der Waals surface area contributed by atoms with Crippen LogP contribution in [0.5, 0.6) is 11.5 Å². The van der Waals surface area contributed by atoms with Gasteiger partial charge in [-0.1, -0.05) is 24.3 Å². The Morgan fingerprint density at radius 3 is 2.37 bits per heavy atom. The van der Waals surface area contributed by atoms with Gasteiger partial charge in [-0.25, -0.2) is 0 Å². The fourth-order valence-electron chi connectivity index (χ4n) is 2.17. The molecule has 2 aromatic carbocycles. The lowest BCUT2D eigenvalue weighted by molar-refractivity contribution is -0.130. The molecule has 0 spiro atoms. The lowest BCUT2D eigenvalue weighted by Gasteiger charge is -2.14. The van der Waals surface area contributed by atoms with Crippen molar-refractivity contribution >= 4 is 40.4 Å². The number of hydrogen-bond acceptors (Lipinski definition) is 4. The molecule has 1 amide bonds. The number of ether oxygens (including phenoxy) is 2. The second-order valence-electron chi connectivity index (χ2n) is 5.92. The molecule has 6 heteroatoms. The molecule has 142 valence electrons. The Labute approximate surface area is 173 Å². The minimum absolute atomic E-state index is 0.0620. The largest absolute Gasteiger partial charge is 0.490 e. The van der Waals surface area contributed by atoms with Crippen LogP contribution in [0.3, 0.4) is 0 Å². The van der Waals surface area contributed by atoms with Gasteiger partial charge in [0.05, 0.1) is 6.61 Å². The Balaban J connectivity index is 2.13. The monoisotopic (exact) mass is 479 g/mol. The summed E-state index contributed by atoms with van der Waals surface area (Å²) in [6, 6.07) is 12.7. The number of allylic oxidation sites excluding steroid dienone is 1. The van der Waals surface area contributed by atoms with Crippen molar-refractivity contribution in [1.82, 2.24) is 4.90 Å². The first-order chi connectivity index (χ1) is 12.9. The van der Waals surface area contributed by atoms with Crippen LogP contribution < -0.4 is 9.47 Å². The first kappa shape index (κ1) is 21.0. The standard InChI is InChI=1S/C21H22INO4/c1-4-26-20-13-15(6-12-19(20)27-14-21(25)23(2)3)5-11-18(24)16-7-9-17(22)10-8-16/h5-13H,4,14H2,1-3H3/b11-5+. The molecule has 0 saturated heterocycles. The maximum atomic E-state index is 12.3. The van der Waals surface area contributed by atoms with Crippen molar-refractivity contribution in [1.29, 1.82) is 0 Å². The summed E-state index contributed by atoms with van der Waals surface area (Å²) < 4.78 is 12.3. The zero-order valence-electron chi connectivity index (χ0n) is 15.6. The van der Waals surface area contributed by atoms with Gasteiger partial charge >= 0.3 is 0 Å². The normalized spacial score (nSPS) is 10.7. The van der Waals surface area contributed by atoms with E-state index in [0.29, 0.717) is 23.7 Å². The fourth-order valence-corrected chi connectivity index (χ4v) is 2.53. The van der Waals surface area contributed by atoms with Gasteiger partial charge in [0.2, 0.25) is 0 Å². The summed E-state index contributed by atoms with van der Waals surface area (Å²) in [5, 5.41) is 0. The average molecular weight is 479 g/mol.